The standard InChI is InChI=1S/C12H16N2O5S/c1-7(14-11(16)9-4-3-5-20-9)10(15)13-6-8(19-2)12(17)18/h3-5,7-8H,6H2,1-2H3,(H,13,15)(H,14,16)(H,17,18). The van der Waals surface area contributed by atoms with Gasteiger partial charge in [-0.15, -0.1) is 11.3 Å². The van der Waals surface area contributed by atoms with Gasteiger partial charge in [-0.1, -0.05) is 6.07 Å². The summed E-state index contributed by atoms with van der Waals surface area (Å²) in [6.07, 6.45) is -1.11. The number of hydrogen-bond acceptors (Lipinski definition) is 5. The van der Waals surface area contributed by atoms with Gasteiger partial charge in [-0.2, -0.15) is 0 Å². The van der Waals surface area contributed by atoms with E-state index in [4.69, 9.17) is 5.11 Å². The fourth-order valence-electron chi connectivity index (χ4n) is 1.36. The van der Waals surface area contributed by atoms with E-state index in [-0.39, 0.29) is 12.5 Å². The Morgan fingerprint density at radius 3 is 2.65 bits per heavy atom. The first-order valence-electron chi connectivity index (χ1n) is 5.83. The third-order valence-corrected chi connectivity index (χ3v) is 3.38. The molecule has 0 bridgehead atoms. The summed E-state index contributed by atoms with van der Waals surface area (Å²) in [7, 11) is 1.24. The zero-order valence-corrected chi connectivity index (χ0v) is 11.9. The number of amides is 2. The number of nitrogens with one attached hydrogen (secondary N) is 2. The Kier molecular flexibility index (Phi) is 6.13. The highest BCUT2D eigenvalue weighted by Gasteiger charge is 2.21. The number of carbonyl (C=O) groups excluding carboxylic acids is 2. The number of carboxylic acid groups (broad SMARTS) is 1. The Hall–Kier alpha value is -1.93. The highest BCUT2D eigenvalue weighted by molar-refractivity contribution is 7.12. The molecule has 0 radical (unpaired) electrons. The first-order chi connectivity index (χ1) is 9.45. The van der Waals surface area contributed by atoms with Crippen LogP contribution in [0, 0.1) is 0 Å². The van der Waals surface area contributed by atoms with Crippen LogP contribution < -0.4 is 10.6 Å². The van der Waals surface area contributed by atoms with Crippen molar-refractivity contribution in [3.05, 3.63) is 22.4 Å². The van der Waals surface area contributed by atoms with Crippen LogP contribution in [0.2, 0.25) is 0 Å². The van der Waals surface area contributed by atoms with Crippen molar-refractivity contribution in [1.29, 1.82) is 0 Å². The number of ether oxygens (including phenoxy) is 1. The fraction of sp³-hybridized carbons (Fsp3) is 0.417. The van der Waals surface area contributed by atoms with Crippen molar-refractivity contribution in [2.24, 2.45) is 0 Å². The van der Waals surface area contributed by atoms with Crippen molar-refractivity contribution in [2.45, 2.75) is 19.1 Å². The molecule has 7 nitrogen and oxygen atoms in total. The predicted molar refractivity (Wildman–Crippen MR) is 72.7 cm³/mol. The van der Waals surface area contributed by atoms with E-state index in [9.17, 15) is 14.4 Å². The second-order valence-electron chi connectivity index (χ2n) is 3.98. The lowest BCUT2D eigenvalue weighted by atomic mass is 10.2. The number of carbonyl (C=O) groups is 3. The first-order valence-corrected chi connectivity index (χ1v) is 6.71. The zero-order chi connectivity index (χ0) is 15.1. The van der Waals surface area contributed by atoms with Gasteiger partial charge >= 0.3 is 5.97 Å². The highest BCUT2D eigenvalue weighted by Crippen LogP contribution is 2.08. The second-order valence-corrected chi connectivity index (χ2v) is 4.93. The molecule has 2 unspecified atom stereocenters. The molecule has 0 saturated carbocycles. The third kappa shape index (κ3) is 4.63. The molecule has 8 heteroatoms. The van der Waals surface area contributed by atoms with Crippen molar-refractivity contribution in [1.82, 2.24) is 10.6 Å². The van der Waals surface area contributed by atoms with Crippen LogP contribution in [0.4, 0.5) is 0 Å². The molecule has 0 saturated heterocycles. The van der Waals surface area contributed by atoms with Gasteiger partial charge < -0.3 is 20.5 Å². The van der Waals surface area contributed by atoms with Gasteiger partial charge in [-0.05, 0) is 18.4 Å². The maximum atomic E-state index is 11.7. The molecule has 0 spiro atoms. The average molecular weight is 300 g/mol. The minimum atomic E-state index is -1.16. The Morgan fingerprint density at radius 2 is 2.15 bits per heavy atom. The van der Waals surface area contributed by atoms with Gasteiger partial charge in [0.25, 0.3) is 5.91 Å². The van der Waals surface area contributed by atoms with Crippen LogP contribution in [0.3, 0.4) is 0 Å². The molecule has 0 aromatic carbocycles. The summed E-state index contributed by atoms with van der Waals surface area (Å²) >= 11 is 1.27. The van der Waals surface area contributed by atoms with E-state index in [0.717, 1.165) is 0 Å². The topological polar surface area (TPSA) is 105 Å². The van der Waals surface area contributed by atoms with Gasteiger partial charge in [-0.25, -0.2) is 4.79 Å². The Labute approximate surface area is 119 Å². The van der Waals surface area contributed by atoms with Crippen molar-refractivity contribution >= 4 is 29.1 Å². The average Bonchev–Trinajstić information content (AvgIpc) is 2.92. The Bertz CT molecular complexity index is 474. The van der Waals surface area contributed by atoms with Crippen LogP contribution in [-0.2, 0) is 14.3 Å². The smallest absolute Gasteiger partial charge is 0.334 e. The zero-order valence-electron chi connectivity index (χ0n) is 11.1. The number of methoxy groups -OCH3 is 1. The lowest BCUT2D eigenvalue weighted by Crippen LogP contribution is -2.47. The van der Waals surface area contributed by atoms with Crippen molar-refractivity contribution in [2.75, 3.05) is 13.7 Å². The molecule has 1 heterocycles. The molecule has 110 valence electrons. The summed E-state index contributed by atoms with van der Waals surface area (Å²) in [4.78, 5) is 34.6. The Morgan fingerprint density at radius 1 is 1.45 bits per heavy atom. The second kappa shape index (κ2) is 7.61. The summed E-state index contributed by atoms with van der Waals surface area (Å²) in [6.45, 7) is 1.35. The van der Waals surface area contributed by atoms with E-state index >= 15 is 0 Å². The summed E-state index contributed by atoms with van der Waals surface area (Å²) in [5.41, 5.74) is 0. The monoisotopic (exact) mass is 300 g/mol. The lowest BCUT2D eigenvalue weighted by Gasteiger charge is -2.16. The molecule has 2 amide bonds. The molecule has 3 N–H and O–H groups in total. The molecule has 1 aromatic heterocycles. The van der Waals surface area contributed by atoms with Crippen LogP contribution in [0.1, 0.15) is 16.6 Å². The van der Waals surface area contributed by atoms with Crippen molar-refractivity contribution < 1.29 is 24.2 Å². The summed E-state index contributed by atoms with van der Waals surface area (Å²) in [6, 6.07) is 2.62. The van der Waals surface area contributed by atoms with Crippen LogP contribution in [-0.4, -0.2) is 48.7 Å². The van der Waals surface area contributed by atoms with E-state index in [1.54, 1.807) is 17.5 Å². The molecule has 1 aromatic rings. The largest absolute Gasteiger partial charge is 0.479 e. The third-order valence-electron chi connectivity index (χ3n) is 2.51. The number of carboxylic acids is 1. The SMILES string of the molecule is COC(CNC(=O)C(C)NC(=O)c1cccs1)C(=O)O. The van der Waals surface area contributed by atoms with Gasteiger partial charge in [-0.3, -0.25) is 9.59 Å². The van der Waals surface area contributed by atoms with Crippen molar-refractivity contribution in [3.63, 3.8) is 0 Å². The van der Waals surface area contributed by atoms with E-state index in [1.165, 1.54) is 25.4 Å². The highest BCUT2D eigenvalue weighted by atomic mass is 32.1. The predicted octanol–water partition coefficient (Wildman–Crippen LogP) is 0.0822. The Balaban J connectivity index is 2.43. The normalized spacial score (nSPS) is 13.3. The molecule has 1 rings (SSSR count). The molecular formula is C12H16N2O5S. The number of rotatable bonds is 7. The molecule has 0 fully saturated rings. The minimum Gasteiger partial charge on any atom is -0.479 e. The van der Waals surface area contributed by atoms with Gasteiger partial charge in [0, 0.05) is 7.11 Å². The summed E-state index contributed by atoms with van der Waals surface area (Å²) in [5.74, 6) is -1.98. The van der Waals surface area contributed by atoms with Gasteiger partial charge in [0.05, 0.1) is 11.4 Å². The van der Waals surface area contributed by atoms with Crippen LogP contribution in [0.15, 0.2) is 17.5 Å². The van der Waals surface area contributed by atoms with E-state index in [0.29, 0.717) is 4.88 Å². The van der Waals surface area contributed by atoms with E-state index in [2.05, 4.69) is 15.4 Å². The van der Waals surface area contributed by atoms with E-state index < -0.39 is 24.0 Å². The fourth-order valence-corrected chi connectivity index (χ4v) is 1.99. The molecular weight excluding hydrogens is 284 g/mol. The number of hydrogen-bond donors (Lipinski definition) is 3. The van der Waals surface area contributed by atoms with Crippen LogP contribution in [0.25, 0.3) is 0 Å². The molecule has 0 aliphatic carbocycles. The molecule has 20 heavy (non-hydrogen) atoms. The van der Waals surface area contributed by atoms with Gasteiger partial charge in [0.2, 0.25) is 5.91 Å². The minimum absolute atomic E-state index is 0.163. The van der Waals surface area contributed by atoms with Crippen LogP contribution in [0.5, 0.6) is 0 Å². The molecule has 0 aliphatic heterocycles. The van der Waals surface area contributed by atoms with E-state index in [1.807, 2.05) is 0 Å². The van der Waals surface area contributed by atoms with Gasteiger partial charge in [0.1, 0.15) is 6.04 Å². The summed E-state index contributed by atoms with van der Waals surface area (Å²) < 4.78 is 4.68. The maximum absolute atomic E-state index is 11.7. The quantitative estimate of drug-likeness (QED) is 0.661. The van der Waals surface area contributed by atoms with Crippen LogP contribution >= 0.6 is 11.3 Å². The first kappa shape index (κ1) is 16.1. The van der Waals surface area contributed by atoms with Crippen molar-refractivity contribution in [3.8, 4) is 0 Å². The number of thiophene rings is 1. The lowest BCUT2D eigenvalue weighted by molar-refractivity contribution is -0.148. The summed E-state index contributed by atoms with van der Waals surface area (Å²) in [5, 5.41) is 15.4. The maximum Gasteiger partial charge on any atom is 0.334 e. The molecule has 0 aliphatic rings. The van der Waals surface area contributed by atoms with Gasteiger partial charge in [0.15, 0.2) is 6.10 Å². The molecule has 2 atom stereocenters. The number of aliphatic carboxylic acids is 1.